The topological polar surface area (TPSA) is 104 Å². The second-order valence-electron chi connectivity index (χ2n) is 11.8. The van der Waals surface area contributed by atoms with Crippen molar-refractivity contribution >= 4 is 21.7 Å². The van der Waals surface area contributed by atoms with E-state index in [-0.39, 0.29) is 33.8 Å². The predicted molar refractivity (Wildman–Crippen MR) is 160 cm³/mol. The van der Waals surface area contributed by atoms with E-state index in [2.05, 4.69) is 0 Å². The fourth-order valence-corrected chi connectivity index (χ4v) is 7.79. The molecule has 0 aliphatic rings. The number of rotatable bonds is 10. The van der Waals surface area contributed by atoms with Crippen molar-refractivity contribution < 1.29 is 35.9 Å². The first kappa shape index (κ1) is 33.8. The van der Waals surface area contributed by atoms with Gasteiger partial charge in [-0.15, -0.1) is 0 Å². The number of esters is 1. The van der Waals surface area contributed by atoms with Gasteiger partial charge in [-0.2, -0.15) is 13.2 Å². The lowest BCUT2D eigenvalue weighted by molar-refractivity contribution is -0.138. The Morgan fingerprint density at radius 2 is 1.26 bits per heavy atom. The molecule has 0 saturated heterocycles. The van der Waals surface area contributed by atoms with Gasteiger partial charge in [0.2, 0.25) is 5.60 Å². The van der Waals surface area contributed by atoms with E-state index in [1.165, 1.54) is 12.1 Å². The van der Waals surface area contributed by atoms with E-state index >= 15 is 0 Å². The van der Waals surface area contributed by atoms with Crippen molar-refractivity contribution in [2.45, 2.75) is 88.1 Å². The molecule has 6 nitrogen and oxygen atoms in total. The van der Waals surface area contributed by atoms with E-state index in [0.717, 1.165) is 36.8 Å². The van der Waals surface area contributed by atoms with Crippen LogP contribution in [-0.2, 0) is 25.5 Å². The van der Waals surface area contributed by atoms with E-state index in [1.54, 1.807) is 30.3 Å². The lowest BCUT2D eigenvalue weighted by atomic mass is 9.89. The van der Waals surface area contributed by atoms with Gasteiger partial charge in [0.1, 0.15) is 5.25 Å². The van der Waals surface area contributed by atoms with Crippen LogP contribution < -0.4 is 5.73 Å². The molecule has 2 atom stereocenters. The molecule has 0 fully saturated rings. The van der Waals surface area contributed by atoms with Gasteiger partial charge in [-0.3, -0.25) is 4.79 Å². The molecule has 0 spiro atoms. The third kappa shape index (κ3) is 6.95. The molecule has 1 amide bonds. The minimum absolute atomic E-state index is 0.0329. The fraction of sp³-hybridized carbons (Fsp3) is 0.394. The maximum atomic E-state index is 15.0. The summed E-state index contributed by atoms with van der Waals surface area (Å²) in [7, 11) is -4.69. The maximum absolute atomic E-state index is 15.0. The number of benzene rings is 3. The summed E-state index contributed by atoms with van der Waals surface area (Å²) < 4.78 is 76.0. The lowest BCUT2D eigenvalue weighted by Crippen LogP contribution is -2.52. The largest absolute Gasteiger partial charge is 0.444 e. The number of carbonyl (C=O) groups excluding carboxylic acids is 2. The summed E-state index contributed by atoms with van der Waals surface area (Å²) in [5.41, 5.74) is 3.99. The molecule has 3 aromatic rings. The molecule has 3 rings (SSSR count). The number of sulfone groups is 1. The third-order valence-corrected chi connectivity index (χ3v) is 9.90. The molecule has 3 aromatic carbocycles. The average molecular weight is 618 g/mol. The first-order valence-corrected chi connectivity index (χ1v) is 15.5. The van der Waals surface area contributed by atoms with Crippen molar-refractivity contribution in [2.75, 3.05) is 0 Å². The van der Waals surface area contributed by atoms with Crippen molar-refractivity contribution in [2.24, 2.45) is 5.73 Å². The number of alkyl halides is 3. The summed E-state index contributed by atoms with van der Waals surface area (Å²) in [4.78, 5) is 26.4. The second-order valence-corrected chi connectivity index (χ2v) is 13.7. The van der Waals surface area contributed by atoms with Gasteiger partial charge in [-0.05, 0) is 71.2 Å². The number of ether oxygens (including phenoxy) is 1. The van der Waals surface area contributed by atoms with Crippen LogP contribution in [0.4, 0.5) is 13.2 Å². The number of nitrogens with two attached hydrogens (primary N) is 1. The molecule has 0 aromatic heterocycles. The average Bonchev–Trinajstić information content (AvgIpc) is 2.92. The Hall–Kier alpha value is -3.66. The van der Waals surface area contributed by atoms with Gasteiger partial charge < -0.3 is 10.5 Å². The Labute approximate surface area is 251 Å². The molecule has 0 heterocycles. The molecular weight excluding hydrogens is 579 g/mol. The zero-order valence-corrected chi connectivity index (χ0v) is 26.1. The van der Waals surface area contributed by atoms with Crippen LogP contribution in [-0.4, -0.2) is 25.9 Å². The molecule has 0 aliphatic carbocycles. The Morgan fingerprint density at radius 3 is 1.65 bits per heavy atom. The molecule has 43 heavy (non-hydrogen) atoms. The summed E-state index contributed by atoms with van der Waals surface area (Å²) in [5.74, 6) is -2.80. The maximum Gasteiger partial charge on any atom is 0.416 e. The minimum atomic E-state index is -4.69. The van der Waals surface area contributed by atoms with Crippen LogP contribution in [0.2, 0.25) is 0 Å². The van der Waals surface area contributed by atoms with Crippen LogP contribution in [0.15, 0.2) is 71.6 Å². The van der Waals surface area contributed by atoms with Crippen molar-refractivity contribution in [3.8, 4) is 0 Å². The van der Waals surface area contributed by atoms with Gasteiger partial charge >= 0.3 is 12.1 Å². The number of hydrogen-bond donors (Lipinski definition) is 1. The van der Waals surface area contributed by atoms with Crippen LogP contribution in [0.3, 0.4) is 0 Å². The van der Waals surface area contributed by atoms with Crippen molar-refractivity contribution in [3.05, 3.63) is 100 Å². The second kappa shape index (κ2) is 12.5. The van der Waals surface area contributed by atoms with Crippen LogP contribution >= 0.6 is 0 Å². The highest BCUT2D eigenvalue weighted by Crippen LogP contribution is 2.46. The van der Waals surface area contributed by atoms with Crippen molar-refractivity contribution in [3.63, 3.8) is 0 Å². The first-order valence-electron chi connectivity index (χ1n) is 14.0. The lowest BCUT2D eigenvalue weighted by Gasteiger charge is -2.36. The first-order chi connectivity index (χ1) is 19.8. The number of primary amides is 1. The zero-order valence-electron chi connectivity index (χ0n) is 25.3. The Bertz CT molecular complexity index is 1550. The number of carbonyl (C=O) groups is 2. The van der Waals surface area contributed by atoms with E-state index in [1.807, 2.05) is 41.5 Å². The molecule has 0 aliphatic heterocycles. The zero-order chi connectivity index (χ0) is 32.5. The SMILES string of the molecule is CC(C)c1cc(C(C)C)c(S(=O)(=O)[C@@H](c2ccc(C(F)(F)F)cc2)[C@](C)(OC(=O)c2ccccc2)C(N)=O)c(C(C)C)c1. The predicted octanol–water partition coefficient (Wildman–Crippen LogP) is 7.69. The van der Waals surface area contributed by atoms with E-state index < -0.39 is 44.3 Å². The Balaban J connectivity index is 2.43. The third-order valence-electron chi connectivity index (χ3n) is 7.52. The Morgan fingerprint density at radius 1 is 0.767 bits per heavy atom. The number of halogens is 3. The quantitative estimate of drug-likeness (QED) is 0.235. The highest BCUT2D eigenvalue weighted by molar-refractivity contribution is 7.92. The molecule has 232 valence electrons. The van der Waals surface area contributed by atoms with Crippen LogP contribution in [0, 0.1) is 0 Å². The molecule has 0 radical (unpaired) electrons. The smallest absolute Gasteiger partial charge is 0.416 e. The molecular formula is C33H38F3NO5S. The van der Waals surface area contributed by atoms with E-state index in [9.17, 15) is 31.2 Å². The molecule has 0 saturated carbocycles. The molecule has 0 unspecified atom stereocenters. The summed E-state index contributed by atoms with van der Waals surface area (Å²) in [6, 6.07) is 14.6. The van der Waals surface area contributed by atoms with Crippen LogP contribution in [0.25, 0.3) is 0 Å². The Kier molecular flexibility index (Phi) is 9.85. The van der Waals surface area contributed by atoms with Gasteiger partial charge in [0.25, 0.3) is 5.91 Å². The van der Waals surface area contributed by atoms with Gasteiger partial charge in [-0.25, -0.2) is 13.2 Å². The number of hydrogen-bond acceptors (Lipinski definition) is 5. The number of amides is 1. The summed E-state index contributed by atoms with van der Waals surface area (Å²) >= 11 is 0. The van der Waals surface area contributed by atoms with E-state index in [4.69, 9.17) is 10.5 Å². The minimum Gasteiger partial charge on any atom is -0.444 e. The van der Waals surface area contributed by atoms with Crippen molar-refractivity contribution in [1.82, 2.24) is 0 Å². The molecule has 0 bridgehead atoms. The van der Waals surface area contributed by atoms with Crippen LogP contribution in [0.1, 0.15) is 110 Å². The molecule has 10 heteroatoms. The van der Waals surface area contributed by atoms with Gasteiger partial charge in [0.05, 0.1) is 16.0 Å². The highest BCUT2D eigenvalue weighted by atomic mass is 32.2. The van der Waals surface area contributed by atoms with Crippen LogP contribution in [0.5, 0.6) is 0 Å². The van der Waals surface area contributed by atoms with Gasteiger partial charge in [0.15, 0.2) is 9.84 Å². The molecule has 2 N–H and O–H groups in total. The summed E-state index contributed by atoms with van der Waals surface area (Å²) in [5, 5.41) is -1.98. The summed E-state index contributed by atoms with van der Waals surface area (Å²) in [6.45, 7) is 12.4. The highest BCUT2D eigenvalue weighted by Gasteiger charge is 2.53. The van der Waals surface area contributed by atoms with Crippen molar-refractivity contribution in [1.29, 1.82) is 0 Å². The fourth-order valence-electron chi connectivity index (χ4n) is 5.03. The summed E-state index contributed by atoms with van der Waals surface area (Å²) in [6.07, 6.45) is -4.69. The van der Waals surface area contributed by atoms with Gasteiger partial charge in [-0.1, -0.05) is 84.0 Å². The standard InChI is InChI=1S/C33H38F3NO5S/c1-19(2)24-17-26(20(3)4)28(27(18-24)21(5)6)43(40,41)29(22-13-15-25(16-14-22)33(34,35)36)32(7,31(37)39)42-30(38)23-11-9-8-10-12-23/h8-21,29H,1-7H3,(H2,37,39)/t29-,32-/m0/s1. The van der Waals surface area contributed by atoms with Gasteiger partial charge in [0, 0.05) is 0 Å². The monoisotopic (exact) mass is 617 g/mol. The normalized spacial score (nSPS) is 14.5. The van der Waals surface area contributed by atoms with E-state index in [0.29, 0.717) is 11.1 Å².